The first-order valence-corrected chi connectivity index (χ1v) is 6.08. The molecule has 0 unspecified atom stereocenters. The lowest BCUT2D eigenvalue weighted by molar-refractivity contribution is 0.360. The smallest absolute Gasteiger partial charge is 0.0688 e. The number of benzene rings is 1. The Balaban J connectivity index is 2.53. The van der Waals surface area contributed by atoms with Gasteiger partial charge < -0.3 is 0 Å². The molecule has 0 amide bonds. The van der Waals surface area contributed by atoms with Gasteiger partial charge in [-0.1, -0.05) is 28.1 Å². The molecule has 2 aromatic rings. The van der Waals surface area contributed by atoms with E-state index in [0.29, 0.717) is 0 Å². The minimum absolute atomic E-state index is 0.00114. The Kier molecular flexibility index (Phi) is 2.89. The molecule has 0 radical (unpaired) electrons. The Morgan fingerprint density at radius 1 is 1.19 bits per heavy atom. The largest absolute Gasteiger partial charge is 0.260 e. The molecule has 2 nitrogen and oxygen atoms in total. The lowest BCUT2D eigenvalue weighted by atomic mass is 10.1. The maximum Gasteiger partial charge on any atom is 0.0688 e. The van der Waals surface area contributed by atoms with Crippen molar-refractivity contribution in [2.45, 2.75) is 26.3 Å². The van der Waals surface area contributed by atoms with E-state index in [4.69, 9.17) is 0 Å². The first kappa shape index (κ1) is 11.4. The molecule has 1 aromatic heterocycles. The van der Waals surface area contributed by atoms with Gasteiger partial charge in [-0.2, -0.15) is 5.10 Å². The molecule has 1 heterocycles. The summed E-state index contributed by atoms with van der Waals surface area (Å²) < 4.78 is 3.14. The molecule has 0 aliphatic heterocycles. The third kappa shape index (κ3) is 2.19. The maximum absolute atomic E-state index is 4.39. The highest BCUT2D eigenvalue weighted by atomic mass is 79.9. The molecule has 84 valence electrons. The monoisotopic (exact) mass is 278 g/mol. The lowest BCUT2D eigenvalue weighted by Gasteiger charge is -2.22. The van der Waals surface area contributed by atoms with Gasteiger partial charge in [-0.25, -0.2) is 0 Å². The maximum atomic E-state index is 4.39. The number of nitrogens with zero attached hydrogens (tertiary/aromatic N) is 2. The van der Waals surface area contributed by atoms with Crippen molar-refractivity contribution in [3.05, 3.63) is 41.0 Å². The van der Waals surface area contributed by atoms with Crippen molar-refractivity contribution < 1.29 is 0 Å². The summed E-state index contributed by atoms with van der Waals surface area (Å²) in [5.41, 5.74) is 2.33. The fourth-order valence-electron chi connectivity index (χ4n) is 1.70. The molecular formula is C13H15BrN2. The van der Waals surface area contributed by atoms with Crippen molar-refractivity contribution >= 4 is 15.9 Å². The van der Waals surface area contributed by atoms with E-state index in [2.05, 4.69) is 58.6 Å². The Morgan fingerprint density at radius 3 is 2.56 bits per heavy atom. The zero-order valence-corrected chi connectivity index (χ0v) is 11.3. The fraction of sp³-hybridized carbons (Fsp3) is 0.308. The van der Waals surface area contributed by atoms with Gasteiger partial charge in [-0.15, -0.1) is 0 Å². The van der Waals surface area contributed by atoms with Crippen LogP contribution in [0.15, 0.2) is 41.0 Å². The lowest BCUT2D eigenvalue weighted by Crippen LogP contribution is -2.23. The average molecular weight is 279 g/mol. The van der Waals surface area contributed by atoms with E-state index >= 15 is 0 Å². The third-order valence-corrected chi connectivity index (χ3v) is 2.89. The van der Waals surface area contributed by atoms with Gasteiger partial charge >= 0.3 is 0 Å². The predicted octanol–water partition coefficient (Wildman–Crippen LogP) is 4.07. The first-order chi connectivity index (χ1) is 7.48. The molecule has 2 rings (SSSR count). The van der Waals surface area contributed by atoms with E-state index in [-0.39, 0.29) is 5.54 Å². The van der Waals surface area contributed by atoms with Crippen LogP contribution in [0.5, 0.6) is 0 Å². The first-order valence-electron chi connectivity index (χ1n) is 5.29. The second kappa shape index (κ2) is 4.06. The van der Waals surface area contributed by atoms with Crippen LogP contribution in [0.3, 0.4) is 0 Å². The fourth-order valence-corrected chi connectivity index (χ4v) is 2.10. The molecule has 0 bridgehead atoms. The highest BCUT2D eigenvalue weighted by Crippen LogP contribution is 2.26. The third-order valence-electron chi connectivity index (χ3n) is 2.40. The molecule has 16 heavy (non-hydrogen) atoms. The minimum atomic E-state index is 0.00114. The van der Waals surface area contributed by atoms with Crippen LogP contribution in [0.2, 0.25) is 0 Å². The average Bonchev–Trinajstić information content (AvgIpc) is 2.65. The number of rotatable bonds is 1. The second-order valence-corrected chi connectivity index (χ2v) is 5.73. The summed E-state index contributed by atoms with van der Waals surface area (Å²) in [6.45, 7) is 6.46. The number of halogens is 1. The van der Waals surface area contributed by atoms with Crippen LogP contribution < -0.4 is 0 Å². The van der Waals surface area contributed by atoms with Crippen LogP contribution in [0.1, 0.15) is 20.8 Å². The van der Waals surface area contributed by atoms with E-state index in [1.165, 1.54) is 5.56 Å². The van der Waals surface area contributed by atoms with Crippen LogP contribution in [0.25, 0.3) is 11.3 Å². The van der Waals surface area contributed by atoms with Crippen LogP contribution in [0.4, 0.5) is 0 Å². The molecule has 0 atom stereocenters. The standard InChI is InChI=1S/C13H15BrN2/c1-13(2,3)16-12(7-8-15-16)10-5-4-6-11(14)9-10/h4-9H,1-3H3. The highest BCUT2D eigenvalue weighted by Gasteiger charge is 2.17. The van der Waals surface area contributed by atoms with Crippen LogP contribution >= 0.6 is 15.9 Å². The van der Waals surface area contributed by atoms with Crippen molar-refractivity contribution in [2.24, 2.45) is 0 Å². The van der Waals surface area contributed by atoms with Gasteiger partial charge in [-0.3, -0.25) is 4.68 Å². The van der Waals surface area contributed by atoms with E-state index < -0.39 is 0 Å². The SMILES string of the molecule is CC(C)(C)n1nccc1-c1cccc(Br)c1. The van der Waals surface area contributed by atoms with Gasteiger partial charge in [0, 0.05) is 16.2 Å². The summed E-state index contributed by atoms with van der Waals surface area (Å²) in [6.07, 6.45) is 1.85. The molecule has 3 heteroatoms. The van der Waals surface area contributed by atoms with Crippen LogP contribution in [0, 0.1) is 0 Å². The van der Waals surface area contributed by atoms with Crippen molar-refractivity contribution in [1.29, 1.82) is 0 Å². The Hall–Kier alpha value is -1.09. The molecule has 0 aliphatic carbocycles. The molecule has 0 aliphatic rings. The highest BCUT2D eigenvalue weighted by molar-refractivity contribution is 9.10. The predicted molar refractivity (Wildman–Crippen MR) is 70.4 cm³/mol. The van der Waals surface area contributed by atoms with Crippen molar-refractivity contribution in [3.63, 3.8) is 0 Å². The van der Waals surface area contributed by atoms with Gasteiger partial charge in [-0.05, 0) is 39.0 Å². The molecule has 1 aromatic carbocycles. The van der Waals surface area contributed by atoms with Crippen molar-refractivity contribution in [3.8, 4) is 11.3 Å². The zero-order valence-electron chi connectivity index (χ0n) is 9.74. The summed E-state index contributed by atoms with van der Waals surface area (Å²) >= 11 is 3.49. The quantitative estimate of drug-likeness (QED) is 0.769. The zero-order chi connectivity index (χ0) is 11.8. The van der Waals surface area contributed by atoms with E-state index in [1.54, 1.807) is 0 Å². The number of aromatic nitrogens is 2. The summed E-state index contributed by atoms with van der Waals surface area (Å²) in [4.78, 5) is 0. The Bertz CT molecular complexity index is 495. The molecule has 0 N–H and O–H groups in total. The molecule has 0 saturated carbocycles. The second-order valence-electron chi connectivity index (χ2n) is 4.81. The van der Waals surface area contributed by atoms with Gasteiger partial charge in [0.25, 0.3) is 0 Å². The van der Waals surface area contributed by atoms with Crippen molar-refractivity contribution in [1.82, 2.24) is 9.78 Å². The molecule has 0 spiro atoms. The van der Waals surface area contributed by atoms with Gasteiger partial charge in [0.2, 0.25) is 0 Å². The van der Waals surface area contributed by atoms with Gasteiger partial charge in [0.05, 0.1) is 11.2 Å². The Morgan fingerprint density at radius 2 is 1.94 bits per heavy atom. The summed E-state index contributed by atoms with van der Waals surface area (Å²) in [7, 11) is 0. The summed E-state index contributed by atoms with van der Waals surface area (Å²) in [5, 5.41) is 4.39. The number of hydrogen-bond acceptors (Lipinski definition) is 1. The topological polar surface area (TPSA) is 17.8 Å². The van der Waals surface area contributed by atoms with Crippen LogP contribution in [-0.2, 0) is 5.54 Å². The summed E-state index contributed by atoms with van der Waals surface area (Å²) in [5.74, 6) is 0. The van der Waals surface area contributed by atoms with Gasteiger partial charge in [0.1, 0.15) is 0 Å². The molecule has 0 fully saturated rings. The van der Waals surface area contributed by atoms with E-state index in [9.17, 15) is 0 Å². The summed E-state index contributed by atoms with van der Waals surface area (Å²) in [6, 6.07) is 10.3. The van der Waals surface area contributed by atoms with Crippen molar-refractivity contribution in [2.75, 3.05) is 0 Å². The number of hydrogen-bond donors (Lipinski definition) is 0. The minimum Gasteiger partial charge on any atom is -0.260 e. The van der Waals surface area contributed by atoms with Crippen LogP contribution in [-0.4, -0.2) is 9.78 Å². The molecule has 0 saturated heterocycles. The molecular weight excluding hydrogens is 264 g/mol. The van der Waals surface area contributed by atoms with Gasteiger partial charge in [0.15, 0.2) is 0 Å². The Labute approximate surface area is 104 Å². The normalized spacial score (nSPS) is 11.8. The van der Waals surface area contributed by atoms with E-state index in [0.717, 1.165) is 10.2 Å². The van der Waals surface area contributed by atoms with E-state index in [1.807, 2.05) is 24.4 Å².